The number of aliphatic carboxylic acids is 1. The Morgan fingerprint density at radius 1 is 1.06 bits per heavy atom. The summed E-state index contributed by atoms with van der Waals surface area (Å²) in [5.74, 6) is -2.77. The van der Waals surface area contributed by atoms with Crippen LogP contribution >= 0.6 is 11.8 Å². The lowest BCUT2D eigenvalue weighted by atomic mass is 10.1. The summed E-state index contributed by atoms with van der Waals surface area (Å²) in [5.41, 5.74) is 6.29. The second kappa shape index (κ2) is 13.5. The number of nitrogens with one attached hydrogen (secondary N) is 3. The van der Waals surface area contributed by atoms with Crippen LogP contribution in [0.4, 0.5) is 0 Å². The van der Waals surface area contributed by atoms with E-state index in [1.54, 1.807) is 0 Å². The van der Waals surface area contributed by atoms with E-state index in [4.69, 9.17) is 5.73 Å². The van der Waals surface area contributed by atoms with Crippen molar-refractivity contribution in [1.82, 2.24) is 16.0 Å². The highest BCUT2D eigenvalue weighted by Crippen LogP contribution is 2.11. The van der Waals surface area contributed by atoms with Gasteiger partial charge in [-0.3, -0.25) is 14.4 Å². The molecule has 0 aliphatic rings. The van der Waals surface area contributed by atoms with E-state index < -0.39 is 55.0 Å². The van der Waals surface area contributed by atoms with Crippen LogP contribution in [0.3, 0.4) is 0 Å². The highest BCUT2D eigenvalue weighted by atomic mass is 32.2. The van der Waals surface area contributed by atoms with E-state index in [2.05, 4.69) is 16.0 Å². The van der Waals surface area contributed by atoms with Crippen LogP contribution in [-0.2, 0) is 25.6 Å². The molecule has 3 atom stereocenters. The van der Waals surface area contributed by atoms with Gasteiger partial charge in [-0.15, -0.1) is 0 Å². The van der Waals surface area contributed by atoms with Gasteiger partial charge < -0.3 is 37.0 Å². The average Bonchev–Trinajstić information content (AvgIpc) is 2.74. The van der Waals surface area contributed by atoms with E-state index in [-0.39, 0.29) is 12.2 Å². The van der Waals surface area contributed by atoms with Gasteiger partial charge >= 0.3 is 5.97 Å². The Balaban J connectivity index is 2.55. The Kier molecular flexibility index (Phi) is 11.4. The maximum Gasteiger partial charge on any atom is 0.326 e. The van der Waals surface area contributed by atoms with E-state index >= 15 is 0 Å². The SMILES string of the molecule is CSCCC(N)C(=O)NC(CO)C(=O)NCC(=O)NC(Cc1ccc(O)cc1)C(=O)O. The van der Waals surface area contributed by atoms with Crippen molar-refractivity contribution in [2.24, 2.45) is 5.73 Å². The third-order valence-electron chi connectivity index (χ3n) is 4.22. The molecule has 0 fully saturated rings. The average molecular weight is 457 g/mol. The van der Waals surface area contributed by atoms with Gasteiger partial charge in [0.25, 0.3) is 0 Å². The van der Waals surface area contributed by atoms with Gasteiger partial charge in [0, 0.05) is 6.42 Å². The molecule has 0 saturated heterocycles. The number of thioether (sulfide) groups is 1. The molecule has 0 aliphatic heterocycles. The molecule has 3 amide bonds. The van der Waals surface area contributed by atoms with Gasteiger partial charge in [0.05, 0.1) is 19.2 Å². The second-order valence-electron chi connectivity index (χ2n) is 6.68. The molecule has 172 valence electrons. The molecule has 1 aromatic carbocycles. The molecular weight excluding hydrogens is 428 g/mol. The summed E-state index contributed by atoms with van der Waals surface area (Å²) in [4.78, 5) is 47.6. The van der Waals surface area contributed by atoms with E-state index in [9.17, 15) is 34.5 Å². The van der Waals surface area contributed by atoms with Gasteiger partial charge in [0.2, 0.25) is 17.7 Å². The minimum Gasteiger partial charge on any atom is -0.508 e. The molecule has 1 aromatic rings. The maximum atomic E-state index is 12.1. The number of hydrogen-bond acceptors (Lipinski definition) is 8. The Morgan fingerprint density at radius 3 is 2.26 bits per heavy atom. The maximum absolute atomic E-state index is 12.1. The summed E-state index contributed by atoms with van der Waals surface area (Å²) in [6.45, 7) is -1.25. The predicted molar refractivity (Wildman–Crippen MR) is 114 cm³/mol. The fourth-order valence-corrected chi connectivity index (χ4v) is 2.94. The number of carboxylic acid groups (broad SMARTS) is 1. The summed E-state index contributed by atoms with van der Waals surface area (Å²) >= 11 is 1.51. The van der Waals surface area contributed by atoms with Crippen LogP contribution in [0, 0.1) is 0 Å². The number of carbonyl (C=O) groups is 4. The number of phenols is 1. The van der Waals surface area contributed by atoms with Gasteiger partial charge in [-0.05, 0) is 36.1 Å². The number of amides is 3. The standard InChI is InChI=1S/C19H28N4O7S/c1-31-7-6-13(20)17(27)23-15(10-24)18(28)21-9-16(26)22-14(19(29)30)8-11-2-4-12(25)5-3-11/h2-5,13-15,24-25H,6-10,20H2,1H3,(H,21,28)(H,22,26)(H,23,27)(H,29,30). The number of carbonyl (C=O) groups excluding carboxylic acids is 3. The Labute approximate surface area is 183 Å². The van der Waals surface area contributed by atoms with E-state index in [0.717, 1.165) is 0 Å². The number of benzene rings is 1. The summed E-state index contributed by atoms with van der Waals surface area (Å²) < 4.78 is 0. The summed E-state index contributed by atoms with van der Waals surface area (Å²) in [6, 6.07) is 2.45. The summed E-state index contributed by atoms with van der Waals surface area (Å²) in [5, 5.41) is 34.8. The highest BCUT2D eigenvalue weighted by molar-refractivity contribution is 7.98. The predicted octanol–water partition coefficient (Wildman–Crippen LogP) is -1.82. The van der Waals surface area contributed by atoms with Crippen LogP contribution in [0.5, 0.6) is 5.75 Å². The molecule has 12 heteroatoms. The molecular formula is C19H28N4O7S. The molecule has 1 rings (SSSR count). The Morgan fingerprint density at radius 2 is 1.71 bits per heavy atom. The molecule has 0 radical (unpaired) electrons. The molecule has 11 nitrogen and oxygen atoms in total. The zero-order valence-electron chi connectivity index (χ0n) is 17.0. The van der Waals surface area contributed by atoms with Crippen molar-refractivity contribution in [3.05, 3.63) is 29.8 Å². The minimum atomic E-state index is -1.30. The molecule has 0 aromatic heterocycles. The molecule has 0 spiro atoms. The number of rotatable bonds is 13. The van der Waals surface area contributed by atoms with E-state index in [1.165, 1.54) is 36.0 Å². The van der Waals surface area contributed by atoms with Gasteiger partial charge in [-0.25, -0.2) is 4.79 Å². The first-order valence-electron chi connectivity index (χ1n) is 9.41. The van der Waals surface area contributed by atoms with Gasteiger partial charge in [-0.2, -0.15) is 11.8 Å². The number of phenolic OH excluding ortho intramolecular Hbond substituents is 1. The topological polar surface area (TPSA) is 191 Å². The molecule has 0 saturated carbocycles. The fraction of sp³-hybridized carbons (Fsp3) is 0.474. The smallest absolute Gasteiger partial charge is 0.326 e. The first kappa shape index (κ1) is 26.2. The van der Waals surface area contributed by atoms with E-state index in [1.807, 2.05) is 6.26 Å². The van der Waals surface area contributed by atoms with Gasteiger partial charge in [0.15, 0.2) is 0 Å². The first-order valence-corrected chi connectivity index (χ1v) is 10.8. The van der Waals surface area contributed by atoms with Crippen LogP contribution in [-0.4, -0.2) is 82.3 Å². The van der Waals surface area contributed by atoms with Crippen molar-refractivity contribution in [2.45, 2.75) is 31.0 Å². The lowest BCUT2D eigenvalue weighted by Crippen LogP contribution is -2.55. The highest BCUT2D eigenvalue weighted by Gasteiger charge is 2.24. The van der Waals surface area contributed by atoms with Crippen LogP contribution in [0.2, 0.25) is 0 Å². The molecule has 31 heavy (non-hydrogen) atoms. The summed E-state index contributed by atoms with van der Waals surface area (Å²) in [7, 11) is 0. The van der Waals surface area contributed by atoms with Crippen molar-refractivity contribution in [3.8, 4) is 5.75 Å². The molecule has 0 bridgehead atoms. The number of aliphatic hydroxyl groups excluding tert-OH is 1. The number of hydrogen-bond donors (Lipinski definition) is 7. The van der Waals surface area contributed by atoms with Gasteiger partial charge in [0.1, 0.15) is 17.8 Å². The first-order chi connectivity index (χ1) is 14.7. The third-order valence-corrected chi connectivity index (χ3v) is 4.86. The van der Waals surface area contributed by atoms with Crippen LogP contribution in [0.1, 0.15) is 12.0 Å². The molecule has 0 aliphatic carbocycles. The normalized spacial score (nSPS) is 13.5. The third kappa shape index (κ3) is 9.68. The lowest BCUT2D eigenvalue weighted by Gasteiger charge is -2.19. The lowest BCUT2D eigenvalue weighted by molar-refractivity contribution is -0.141. The molecule has 8 N–H and O–H groups in total. The second-order valence-corrected chi connectivity index (χ2v) is 7.66. The van der Waals surface area contributed by atoms with Gasteiger partial charge in [-0.1, -0.05) is 12.1 Å². The zero-order chi connectivity index (χ0) is 23.4. The number of nitrogens with two attached hydrogens (primary N) is 1. The van der Waals surface area contributed by atoms with Crippen molar-refractivity contribution >= 4 is 35.5 Å². The largest absolute Gasteiger partial charge is 0.508 e. The molecule has 0 heterocycles. The summed E-state index contributed by atoms with van der Waals surface area (Å²) in [6.07, 6.45) is 2.23. The van der Waals surface area contributed by atoms with Crippen LogP contribution < -0.4 is 21.7 Å². The number of carboxylic acids is 1. The van der Waals surface area contributed by atoms with Crippen molar-refractivity contribution < 1.29 is 34.5 Å². The van der Waals surface area contributed by atoms with Crippen molar-refractivity contribution in [1.29, 1.82) is 0 Å². The number of aromatic hydroxyl groups is 1. The monoisotopic (exact) mass is 456 g/mol. The van der Waals surface area contributed by atoms with Crippen molar-refractivity contribution in [3.63, 3.8) is 0 Å². The van der Waals surface area contributed by atoms with Crippen LogP contribution in [0.15, 0.2) is 24.3 Å². The van der Waals surface area contributed by atoms with E-state index in [0.29, 0.717) is 17.7 Å². The Bertz CT molecular complexity index is 760. The van der Waals surface area contributed by atoms with Crippen LogP contribution in [0.25, 0.3) is 0 Å². The van der Waals surface area contributed by atoms with Crippen molar-refractivity contribution in [2.75, 3.05) is 25.2 Å². The molecule has 3 unspecified atom stereocenters. The Hall–Kier alpha value is -2.83. The fourth-order valence-electron chi connectivity index (χ4n) is 2.45. The minimum absolute atomic E-state index is 0.0260. The number of aliphatic hydroxyl groups is 1. The zero-order valence-corrected chi connectivity index (χ0v) is 17.9. The quantitative estimate of drug-likeness (QED) is 0.179.